The smallest absolute Gasteiger partial charge is 0.243 e. The molecule has 0 heterocycles. The zero-order valence-electron chi connectivity index (χ0n) is 26.5. The number of nitrogens with zero attached hydrogens (tertiary/aromatic N) is 1. The number of benzene rings is 2. The molecule has 0 saturated heterocycles. The summed E-state index contributed by atoms with van der Waals surface area (Å²) in [5.41, 5.74) is 17.6. The minimum Gasteiger partial charge on any atom is -0.394 e. The number of hydrogen-bond acceptors (Lipinski definition) is 10. The summed E-state index contributed by atoms with van der Waals surface area (Å²) in [5.74, 6) is -4.61. The second-order valence-corrected chi connectivity index (χ2v) is 13.7. The molecule has 2 aromatic rings. The van der Waals surface area contributed by atoms with Gasteiger partial charge in [0.2, 0.25) is 39.6 Å². The van der Waals surface area contributed by atoms with Gasteiger partial charge in [-0.05, 0) is 53.8 Å². The molecule has 3 atom stereocenters. The van der Waals surface area contributed by atoms with Crippen molar-refractivity contribution < 1.29 is 37.5 Å². The van der Waals surface area contributed by atoms with Gasteiger partial charge < -0.3 is 43.6 Å². The second kappa shape index (κ2) is 20.2. The molecular weight excluding hydrogens is 702 g/mol. The third-order valence-electron chi connectivity index (χ3n) is 6.46. The van der Waals surface area contributed by atoms with Crippen molar-refractivity contribution in [3.63, 3.8) is 0 Å². The van der Waals surface area contributed by atoms with Gasteiger partial charge in [-0.25, -0.2) is 18.1 Å². The predicted octanol–water partition coefficient (Wildman–Crippen LogP) is -1.94. The van der Waals surface area contributed by atoms with E-state index in [1.54, 1.807) is 36.6 Å². The van der Waals surface area contributed by atoms with Crippen molar-refractivity contribution in [3.8, 4) is 0 Å². The van der Waals surface area contributed by atoms with E-state index < -0.39 is 83.0 Å². The number of amides is 5. The Bertz CT molecular complexity index is 1610. The molecule has 0 radical (unpaired) electrons. The molecule has 0 spiro atoms. The first-order valence-electron chi connectivity index (χ1n) is 14.6. The first kappa shape index (κ1) is 40.7. The summed E-state index contributed by atoms with van der Waals surface area (Å²) in [7, 11) is -4.19. The van der Waals surface area contributed by atoms with Crippen LogP contribution in [0.4, 0.5) is 5.69 Å². The van der Waals surface area contributed by atoms with Crippen LogP contribution in [0.1, 0.15) is 24.0 Å². The van der Waals surface area contributed by atoms with Crippen molar-refractivity contribution in [2.24, 2.45) is 22.2 Å². The third-order valence-corrected chi connectivity index (χ3v) is 8.69. The largest absolute Gasteiger partial charge is 0.394 e. The fourth-order valence-electron chi connectivity index (χ4n) is 4.13. The van der Waals surface area contributed by atoms with E-state index in [4.69, 9.17) is 28.8 Å². The van der Waals surface area contributed by atoms with Crippen molar-refractivity contribution in [3.05, 3.63) is 64.7 Å². The van der Waals surface area contributed by atoms with E-state index in [9.17, 15) is 37.5 Å². The number of guanidine groups is 1. The Labute approximate surface area is 292 Å². The Kier molecular flexibility index (Phi) is 16.8. The Morgan fingerprint density at radius 2 is 1.55 bits per heavy atom. The van der Waals surface area contributed by atoms with Crippen LogP contribution in [-0.2, 0) is 46.3 Å². The number of aliphatic hydroxyl groups excluding tert-OH is 1. The molecule has 1 unspecified atom stereocenters. The van der Waals surface area contributed by atoms with Crippen LogP contribution in [0.3, 0.4) is 0 Å². The minimum atomic E-state index is -4.19. The molecule has 0 aliphatic rings. The van der Waals surface area contributed by atoms with Gasteiger partial charge in [0, 0.05) is 11.6 Å². The normalized spacial score (nSPS) is 12.9. The first-order chi connectivity index (χ1) is 23.1. The highest BCUT2D eigenvalue weighted by atomic mass is 35.5. The Morgan fingerprint density at radius 1 is 0.898 bits per heavy atom. The van der Waals surface area contributed by atoms with Crippen molar-refractivity contribution in [1.29, 1.82) is 0 Å². The number of sulfonamides is 1. The van der Waals surface area contributed by atoms with Gasteiger partial charge in [0.25, 0.3) is 0 Å². The molecule has 49 heavy (non-hydrogen) atoms. The van der Waals surface area contributed by atoms with Crippen LogP contribution in [0.2, 0.25) is 5.02 Å². The SMILES string of the molecule is CSCC[C@H](NC(=O)C(CC(N)=O)NC(=O)[C@H](CO)NS(=O)(=O)Cc1cccc(Cl)c1)C(=O)NCC(=O)NCc1ccc(N=C(N)N)cc1. The van der Waals surface area contributed by atoms with Crippen LogP contribution in [0.5, 0.6) is 0 Å². The van der Waals surface area contributed by atoms with Gasteiger partial charge in [-0.2, -0.15) is 11.8 Å². The molecule has 17 nitrogen and oxygen atoms in total. The number of nitrogens with two attached hydrogens (primary N) is 3. The molecule has 0 aliphatic heterocycles. The average molecular weight is 742 g/mol. The van der Waals surface area contributed by atoms with Crippen LogP contribution in [-0.4, -0.2) is 92.3 Å². The molecule has 2 rings (SSSR count). The highest BCUT2D eigenvalue weighted by molar-refractivity contribution is 7.98. The fourth-order valence-corrected chi connectivity index (χ4v) is 6.13. The maximum atomic E-state index is 13.2. The summed E-state index contributed by atoms with van der Waals surface area (Å²) >= 11 is 7.28. The van der Waals surface area contributed by atoms with Crippen LogP contribution < -0.4 is 43.2 Å². The van der Waals surface area contributed by atoms with Gasteiger partial charge in [0.15, 0.2) is 5.96 Å². The lowest BCUT2D eigenvalue weighted by Crippen LogP contribution is -2.58. The molecule has 12 N–H and O–H groups in total. The Morgan fingerprint density at radius 3 is 2.14 bits per heavy atom. The molecule has 5 amide bonds. The number of aliphatic hydroxyl groups is 1. The number of halogens is 1. The lowest BCUT2D eigenvalue weighted by molar-refractivity contribution is -0.134. The van der Waals surface area contributed by atoms with Crippen LogP contribution >= 0.6 is 23.4 Å². The average Bonchev–Trinajstić information content (AvgIpc) is 3.02. The number of nitrogens with one attached hydrogen (secondary N) is 5. The number of primary amides is 1. The molecule has 0 bridgehead atoms. The standard InChI is InChI=1S/C29H40ClN9O8S2/c1-48-10-9-21(26(43)35-14-25(42)34-13-17-5-7-20(8-6-17)36-29(32)33)37-27(44)22(12-24(31)41)38-28(45)23(15-40)39-49(46,47)16-18-3-2-4-19(30)11-18/h2-8,11,21-23,39-40H,9-10,12-16H2,1H3,(H2,31,41)(H,34,42)(H,35,43)(H,37,44)(H,38,45)(H4,32,33,36)/t21-,22?,23-/m0/s1. The van der Waals surface area contributed by atoms with E-state index in [0.29, 0.717) is 22.0 Å². The van der Waals surface area contributed by atoms with Gasteiger partial charge >= 0.3 is 0 Å². The number of carbonyl (C=O) groups is 5. The van der Waals surface area contributed by atoms with Gasteiger partial charge in [0.1, 0.15) is 18.1 Å². The molecule has 0 aliphatic carbocycles. The zero-order valence-corrected chi connectivity index (χ0v) is 28.9. The van der Waals surface area contributed by atoms with Crippen molar-refractivity contribution in [2.45, 2.75) is 43.3 Å². The summed E-state index contributed by atoms with van der Waals surface area (Å²) in [6.07, 6.45) is 1.17. The molecule has 0 aromatic heterocycles. The van der Waals surface area contributed by atoms with Crippen LogP contribution in [0, 0.1) is 0 Å². The highest BCUT2D eigenvalue weighted by Gasteiger charge is 2.31. The summed E-state index contributed by atoms with van der Waals surface area (Å²) < 4.78 is 27.4. The molecular formula is C29H40ClN9O8S2. The molecule has 0 saturated carbocycles. The summed E-state index contributed by atoms with van der Waals surface area (Å²) in [6.45, 7) is -1.27. The molecule has 2 aromatic carbocycles. The van der Waals surface area contributed by atoms with Crippen LogP contribution in [0.15, 0.2) is 53.5 Å². The van der Waals surface area contributed by atoms with E-state index in [1.807, 2.05) is 0 Å². The lowest BCUT2D eigenvalue weighted by atomic mass is 10.1. The number of rotatable bonds is 20. The monoisotopic (exact) mass is 741 g/mol. The quantitative estimate of drug-likeness (QED) is 0.0531. The van der Waals surface area contributed by atoms with E-state index in [0.717, 1.165) is 5.56 Å². The van der Waals surface area contributed by atoms with Crippen molar-refractivity contribution in [2.75, 3.05) is 25.2 Å². The van der Waals surface area contributed by atoms with Gasteiger partial charge in [-0.3, -0.25) is 24.0 Å². The summed E-state index contributed by atoms with van der Waals surface area (Å²) in [5, 5.41) is 19.8. The Balaban J connectivity index is 2.02. The first-order valence-corrected chi connectivity index (χ1v) is 18.0. The number of thioether (sulfide) groups is 1. The number of carbonyl (C=O) groups excluding carboxylic acids is 5. The molecule has 20 heteroatoms. The maximum Gasteiger partial charge on any atom is 0.243 e. The lowest BCUT2D eigenvalue weighted by Gasteiger charge is -2.24. The highest BCUT2D eigenvalue weighted by Crippen LogP contribution is 2.14. The van der Waals surface area contributed by atoms with E-state index in [2.05, 4.69) is 31.0 Å². The van der Waals surface area contributed by atoms with E-state index in [1.165, 1.54) is 30.0 Å². The fraction of sp³-hybridized carbons (Fsp3) is 0.379. The van der Waals surface area contributed by atoms with Crippen molar-refractivity contribution in [1.82, 2.24) is 26.0 Å². The maximum absolute atomic E-state index is 13.2. The molecule has 0 fully saturated rings. The predicted molar refractivity (Wildman–Crippen MR) is 186 cm³/mol. The van der Waals surface area contributed by atoms with E-state index >= 15 is 0 Å². The number of aliphatic imine (C=N–C) groups is 1. The van der Waals surface area contributed by atoms with Gasteiger partial charge in [-0.1, -0.05) is 35.9 Å². The summed E-state index contributed by atoms with van der Waals surface area (Å²) in [6, 6.07) is 8.15. The molecule has 268 valence electrons. The zero-order chi connectivity index (χ0) is 36.6. The summed E-state index contributed by atoms with van der Waals surface area (Å²) in [4.78, 5) is 67.2. The van der Waals surface area contributed by atoms with Gasteiger partial charge in [0.05, 0.1) is 31.0 Å². The number of hydrogen-bond donors (Lipinski definition) is 9. The third kappa shape index (κ3) is 15.6. The topological polar surface area (TPSA) is 290 Å². The van der Waals surface area contributed by atoms with E-state index in [-0.39, 0.29) is 18.9 Å². The van der Waals surface area contributed by atoms with Crippen LogP contribution in [0.25, 0.3) is 0 Å². The Hall–Kier alpha value is -4.43. The minimum absolute atomic E-state index is 0.0981. The second-order valence-electron chi connectivity index (χ2n) is 10.5. The van der Waals surface area contributed by atoms with Gasteiger partial charge in [-0.15, -0.1) is 0 Å². The van der Waals surface area contributed by atoms with Crippen molar-refractivity contribution >= 4 is 74.6 Å².